The molecule has 0 saturated heterocycles. The molecule has 0 unspecified atom stereocenters. The van der Waals surface area contributed by atoms with Crippen LogP contribution in [0.1, 0.15) is 55.5 Å². The number of nitrogens with zero attached hydrogens (tertiary/aromatic N) is 2. The molecule has 0 bridgehead atoms. The van der Waals surface area contributed by atoms with E-state index in [0.29, 0.717) is 5.92 Å². The smallest absolute Gasteiger partial charge is 0.131 e. The quantitative estimate of drug-likeness (QED) is 0.905. The van der Waals surface area contributed by atoms with E-state index in [0.717, 1.165) is 18.1 Å². The average Bonchev–Trinajstić information content (AvgIpc) is 3.09. The van der Waals surface area contributed by atoms with Crippen LogP contribution in [-0.4, -0.2) is 9.55 Å². The van der Waals surface area contributed by atoms with Crippen molar-refractivity contribution in [2.45, 2.75) is 58.9 Å². The van der Waals surface area contributed by atoms with Crippen LogP contribution < -0.4 is 5.73 Å². The third-order valence-electron chi connectivity index (χ3n) is 4.93. The van der Waals surface area contributed by atoms with Crippen molar-refractivity contribution >= 4 is 5.82 Å². The van der Waals surface area contributed by atoms with Crippen LogP contribution in [-0.2, 0) is 6.54 Å². The summed E-state index contributed by atoms with van der Waals surface area (Å²) in [5.41, 5.74) is 11.2. The fraction of sp³-hybridized carbons (Fsp3) is 0.500. The van der Waals surface area contributed by atoms with E-state index in [1.807, 2.05) is 0 Å². The molecule has 1 aromatic heterocycles. The summed E-state index contributed by atoms with van der Waals surface area (Å²) in [4.78, 5) is 4.97. The van der Waals surface area contributed by atoms with Crippen molar-refractivity contribution in [2.75, 3.05) is 5.73 Å². The van der Waals surface area contributed by atoms with E-state index >= 15 is 0 Å². The molecule has 0 radical (unpaired) electrons. The molecule has 1 aromatic carbocycles. The minimum absolute atomic E-state index is 0.589. The number of nitrogen functional groups attached to an aromatic ring is 1. The van der Waals surface area contributed by atoms with E-state index in [1.54, 1.807) is 0 Å². The summed E-state index contributed by atoms with van der Waals surface area (Å²) in [6.45, 7) is 7.35. The van der Waals surface area contributed by atoms with Gasteiger partial charge in [-0.2, -0.15) is 0 Å². The number of nitrogens with two attached hydrogens (primary N) is 1. The molecule has 2 N–H and O–H groups in total. The van der Waals surface area contributed by atoms with Crippen LogP contribution in [0.4, 0.5) is 5.82 Å². The molecular weight excluding hydrogens is 258 g/mol. The molecule has 3 rings (SSSR count). The Labute approximate surface area is 127 Å². The van der Waals surface area contributed by atoms with Gasteiger partial charge in [-0.15, -0.1) is 0 Å². The second-order valence-electron chi connectivity index (χ2n) is 6.18. The Kier molecular flexibility index (Phi) is 3.75. The molecule has 3 nitrogen and oxygen atoms in total. The Bertz CT molecular complexity index is 649. The molecule has 0 spiro atoms. The topological polar surface area (TPSA) is 43.8 Å². The van der Waals surface area contributed by atoms with Gasteiger partial charge in [-0.1, -0.05) is 31.0 Å². The predicted octanol–water partition coefficient (Wildman–Crippen LogP) is 4.43. The summed E-state index contributed by atoms with van der Waals surface area (Å²) in [6, 6.07) is 6.38. The van der Waals surface area contributed by atoms with Gasteiger partial charge in [0.15, 0.2) is 0 Å². The van der Waals surface area contributed by atoms with Crippen molar-refractivity contribution < 1.29 is 0 Å². The lowest BCUT2D eigenvalue weighted by molar-refractivity contribution is 0.604. The number of aryl methyl sites for hydroxylation is 1. The third kappa shape index (κ3) is 2.35. The maximum absolute atomic E-state index is 6.43. The first-order valence-corrected chi connectivity index (χ1v) is 8.06. The van der Waals surface area contributed by atoms with Crippen molar-refractivity contribution in [3.05, 3.63) is 35.2 Å². The largest absolute Gasteiger partial charge is 0.383 e. The van der Waals surface area contributed by atoms with E-state index in [2.05, 4.69) is 43.5 Å². The van der Waals surface area contributed by atoms with Crippen molar-refractivity contribution in [1.82, 2.24) is 9.55 Å². The van der Waals surface area contributed by atoms with Gasteiger partial charge in [0.2, 0.25) is 0 Å². The normalized spacial score (nSPS) is 15.8. The molecule has 0 aliphatic heterocycles. The number of aromatic nitrogens is 2. The SMILES string of the molecule is CCn1c(C2CCCC2)nc(-c2cccc(C)c2C)c1N. The zero-order chi connectivity index (χ0) is 15.0. The molecule has 21 heavy (non-hydrogen) atoms. The first-order chi connectivity index (χ1) is 10.1. The number of hydrogen-bond donors (Lipinski definition) is 1. The highest BCUT2D eigenvalue weighted by atomic mass is 15.1. The summed E-state index contributed by atoms with van der Waals surface area (Å²) in [7, 11) is 0. The Morgan fingerprint density at radius 2 is 1.95 bits per heavy atom. The molecule has 1 fully saturated rings. The van der Waals surface area contributed by atoms with Gasteiger partial charge in [-0.05, 0) is 44.7 Å². The minimum atomic E-state index is 0.589. The number of anilines is 1. The number of rotatable bonds is 3. The molecule has 0 atom stereocenters. The Morgan fingerprint density at radius 3 is 2.62 bits per heavy atom. The summed E-state index contributed by atoms with van der Waals surface area (Å²) >= 11 is 0. The highest BCUT2D eigenvalue weighted by Gasteiger charge is 2.25. The van der Waals surface area contributed by atoms with Gasteiger partial charge in [0.25, 0.3) is 0 Å². The van der Waals surface area contributed by atoms with Crippen LogP contribution in [0.2, 0.25) is 0 Å². The van der Waals surface area contributed by atoms with Crippen LogP contribution in [0, 0.1) is 13.8 Å². The lowest BCUT2D eigenvalue weighted by Gasteiger charge is -2.11. The Hall–Kier alpha value is -1.77. The number of imidazole rings is 1. The molecule has 112 valence electrons. The lowest BCUT2D eigenvalue weighted by Crippen LogP contribution is -2.08. The first-order valence-electron chi connectivity index (χ1n) is 8.06. The van der Waals surface area contributed by atoms with Crippen LogP contribution in [0.15, 0.2) is 18.2 Å². The molecule has 1 aliphatic rings. The zero-order valence-corrected chi connectivity index (χ0v) is 13.3. The van der Waals surface area contributed by atoms with Crippen LogP contribution in [0.25, 0.3) is 11.3 Å². The second kappa shape index (κ2) is 5.55. The summed E-state index contributed by atoms with van der Waals surface area (Å²) in [5.74, 6) is 2.61. The molecule has 1 aliphatic carbocycles. The fourth-order valence-electron chi connectivity index (χ4n) is 3.52. The summed E-state index contributed by atoms with van der Waals surface area (Å²) in [5, 5.41) is 0. The lowest BCUT2D eigenvalue weighted by atomic mass is 10.0. The highest BCUT2D eigenvalue weighted by Crippen LogP contribution is 2.38. The van der Waals surface area contributed by atoms with E-state index in [9.17, 15) is 0 Å². The van der Waals surface area contributed by atoms with Crippen LogP contribution in [0.3, 0.4) is 0 Å². The average molecular weight is 283 g/mol. The second-order valence-corrected chi connectivity index (χ2v) is 6.18. The Balaban J connectivity index is 2.13. The van der Waals surface area contributed by atoms with Crippen molar-refractivity contribution in [3.63, 3.8) is 0 Å². The van der Waals surface area contributed by atoms with Gasteiger partial charge in [0, 0.05) is 18.0 Å². The van der Waals surface area contributed by atoms with Gasteiger partial charge in [-0.25, -0.2) is 4.98 Å². The zero-order valence-electron chi connectivity index (χ0n) is 13.3. The maximum atomic E-state index is 6.43. The number of benzene rings is 1. The predicted molar refractivity (Wildman–Crippen MR) is 88.4 cm³/mol. The molecule has 1 saturated carbocycles. The summed E-state index contributed by atoms with van der Waals surface area (Å²) in [6.07, 6.45) is 5.14. The van der Waals surface area contributed by atoms with Crippen molar-refractivity contribution in [2.24, 2.45) is 0 Å². The van der Waals surface area contributed by atoms with Gasteiger partial charge in [-0.3, -0.25) is 0 Å². The van der Waals surface area contributed by atoms with Crippen LogP contribution >= 0.6 is 0 Å². The molecule has 2 aromatic rings. The van der Waals surface area contributed by atoms with E-state index in [1.165, 1.54) is 48.2 Å². The number of hydrogen-bond acceptors (Lipinski definition) is 2. The van der Waals surface area contributed by atoms with Gasteiger partial charge in [0.1, 0.15) is 17.3 Å². The van der Waals surface area contributed by atoms with E-state index < -0.39 is 0 Å². The van der Waals surface area contributed by atoms with Crippen molar-refractivity contribution in [3.8, 4) is 11.3 Å². The maximum Gasteiger partial charge on any atom is 0.131 e. The molecule has 0 amide bonds. The highest BCUT2D eigenvalue weighted by molar-refractivity contribution is 5.74. The monoisotopic (exact) mass is 283 g/mol. The molecule has 1 heterocycles. The first kappa shape index (κ1) is 14.2. The van der Waals surface area contributed by atoms with Gasteiger partial charge < -0.3 is 10.3 Å². The fourth-order valence-corrected chi connectivity index (χ4v) is 3.52. The molecule has 3 heteroatoms. The minimum Gasteiger partial charge on any atom is -0.383 e. The summed E-state index contributed by atoms with van der Waals surface area (Å²) < 4.78 is 2.22. The Morgan fingerprint density at radius 1 is 1.24 bits per heavy atom. The van der Waals surface area contributed by atoms with E-state index in [-0.39, 0.29) is 0 Å². The van der Waals surface area contributed by atoms with Gasteiger partial charge in [0.05, 0.1) is 0 Å². The van der Waals surface area contributed by atoms with Crippen LogP contribution in [0.5, 0.6) is 0 Å². The van der Waals surface area contributed by atoms with E-state index in [4.69, 9.17) is 10.7 Å². The standard InChI is InChI=1S/C18H25N3/c1-4-21-17(19)16(15-11-7-8-12(2)13(15)3)20-18(21)14-9-5-6-10-14/h7-8,11,14H,4-6,9-10,19H2,1-3H3. The van der Waals surface area contributed by atoms with Gasteiger partial charge >= 0.3 is 0 Å². The molecular formula is C18H25N3. The third-order valence-corrected chi connectivity index (χ3v) is 4.93. The van der Waals surface area contributed by atoms with Crippen molar-refractivity contribution in [1.29, 1.82) is 0 Å².